The van der Waals surface area contributed by atoms with Crippen LogP contribution in [-0.4, -0.2) is 19.3 Å². The summed E-state index contributed by atoms with van der Waals surface area (Å²) in [5, 5.41) is 0. The van der Waals surface area contributed by atoms with Crippen LogP contribution in [0.4, 0.5) is 0 Å². The van der Waals surface area contributed by atoms with Crippen LogP contribution in [0.5, 0.6) is 0 Å². The van der Waals surface area contributed by atoms with Gasteiger partial charge in [-0.05, 0) is 44.4 Å². The van der Waals surface area contributed by atoms with Gasteiger partial charge in [-0.3, -0.25) is 0 Å². The fraction of sp³-hybridized carbons (Fsp3) is 1.00. The number of rotatable bonds is 6. The normalized spacial score (nSPS) is 29.0. The molecule has 0 aromatic rings. The molecule has 2 nitrogen and oxygen atoms in total. The van der Waals surface area contributed by atoms with Crippen molar-refractivity contribution in [3.05, 3.63) is 0 Å². The number of ether oxygens (including phenoxy) is 1. The van der Waals surface area contributed by atoms with Crippen molar-refractivity contribution in [2.45, 2.75) is 58.4 Å². The Morgan fingerprint density at radius 1 is 1.27 bits per heavy atom. The van der Waals surface area contributed by atoms with Crippen LogP contribution in [0.1, 0.15) is 52.4 Å². The van der Waals surface area contributed by atoms with Crippen molar-refractivity contribution in [2.24, 2.45) is 17.6 Å². The predicted molar refractivity (Wildman–Crippen MR) is 64.8 cm³/mol. The summed E-state index contributed by atoms with van der Waals surface area (Å²) in [6.07, 6.45) is 7.71. The van der Waals surface area contributed by atoms with Crippen LogP contribution >= 0.6 is 0 Å². The van der Waals surface area contributed by atoms with Crippen molar-refractivity contribution in [1.29, 1.82) is 0 Å². The Kier molecular flexibility index (Phi) is 6.26. The molecule has 1 unspecified atom stereocenters. The third-order valence-electron chi connectivity index (χ3n) is 3.70. The van der Waals surface area contributed by atoms with E-state index in [1.165, 1.54) is 25.7 Å². The van der Waals surface area contributed by atoms with Crippen LogP contribution in [0, 0.1) is 11.8 Å². The number of hydrogen-bond donors (Lipinski definition) is 1. The summed E-state index contributed by atoms with van der Waals surface area (Å²) in [6.45, 7) is 6.11. The van der Waals surface area contributed by atoms with Crippen molar-refractivity contribution in [2.75, 3.05) is 13.2 Å². The standard InChI is InChI=1S/C13H27NO/c1-3-15-10-4-5-13(14)12-8-6-11(2)7-9-12/h11-13H,3-10,14H2,1-2H3. The lowest BCUT2D eigenvalue weighted by Crippen LogP contribution is -2.33. The Morgan fingerprint density at radius 3 is 2.53 bits per heavy atom. The van der Waals surface area contributed by atoms with Gasteiger partial charge in [0.05, 0.1) is 0 Å². The highest BCUT2D eigenvalue weighted by Gasteiger charge is 2.22. The van der Waals surface area contributed by atoms with E-state index in [0.717, 1.165) is 37.9 Å². The van der Waals surface area contributed by atoms with E-state index < -0.39 is 0 Å². The SMILES string of the molecule is CCOCCCC(N)C1CCC(C)CC1. The van der Waals surface area contributed by atoms with Crippen molar-refractivity contribution >= 4 is 0 Å². The van der Waals surface area contributed by atoms with E-state index in [1.54, 1.807) is 0 Å². The summed E-state index contributed by atoms with van der Waals surface area (Å²) in [5.41, 5.74) is 6.22. The lowest BCUT2D eigenvalue weighted by molar-refractivity contribution is 0.137. The topological polar surface area (TPSA) is 35.2 Å². The van der Waals surface area contributed by atoms with E-state index in [0.29, 0.717) is 6.04 Å². The summed E-state index contributed by atoms with van der Waals surface area (Å²) in [5.74, 6) is 1.71. The van der Waals surface area contributed by atoms with E-state index >= 15 is 0 Å². The van der Waals surface area contributed by atoms with Gasteiger partial charge in [-0.1, -0.05) is 19.8 Å². The second-order valence-electron chi connectivity index (χ2n) is 5.02. The summed E-state index contributed by atoms with van der Waals surface area (Å²) < 4.78 is 5.33. The zero-order valence-electron chi connectivity index (χ0n) is 10.4. The first kappa shape index (κ1) is 13.0. The molecule has 0 radical (unpaired) electrons. The lowest BCUT2D eigenvalue weighted by Gasteiger charge is -2.30. The van der Waals surface area contributed by atoms with Crippen molar-refractivity contribution in [3.8, 4) is 0 Å². The second kappa shape index (κ2) is 7.24. The molecule has 0 aromatic heterocycles. The zero-order valence-corrected chi connectivity index (χ0v) is 10.4. The molecule has 1 aliphatic carbocycles. The van der Waals surface area contributed by atoms with Crippen LogP contribution in [-0.2, 0) is 4.74 Å². The number of nitrogens with two attached hydrogens (primary N) is 1. The molecule has 0 aromatic carbocycles. The van der Waals surface area contributed by atoms with Crippen molar-refractivity contribution < 1.29 is 4.74 Å². The zero-order chi connectivity index (χ0) is 11.1. The molecule has 90 valence electrons. The van der Waals surface area contributed by atoms with Gasteiger partial charge >= 0.3 is 0 Å². The third kappa shape index (κ3) is 4.98. The highest BCUT2D eigenvalue weighted by atomic mass is 16.5. The molecule has 0 aliphatic heterocycles. The maximum absolute atomic E-state index is 6.22. The van der Waals surface area contributed by atoms with Crippen LogP contribution in [0.25, 0.3) is 0 Å². The number of hydrogen-bond acceptors (Lipinski definition) is 2. The monoisotopic (exact) mass is 213 g/mol. The molecule has 0 amide bonds. The molecule has 2 N–H and O–H groups in total. The average Bonchev–Trinajstić information content (AvgIpc) is 2.25. The molecule has 0 saturated heterocycles. The van der Waals surface area contributed by atoms with Crippen molar-refractivity contribution in [3.63, 3.8) is 0 Å². The first-order valence-electron chi connectivity index (χ1n) is 6.57. The first-order valence-corrected chi connectivity index (χ1v) is 6.57. The largest absolute Gasteiger partial charge is 0.382 e. The van der Waals surface area contributed by atoms with Gasteiger partial charge in [-0.2, -0.15) is 0 Å². The average molecular weight is 213 g/mol. The second-order valence-corrected chi connectivity index (χ2v) is 5.02. The summed E-state index contributed by atoms with van der Waals surface area (Å²) in [7, 11) is 0. The maximum Gasteiger partial charge on any atom is 0.0466 e. The highest BCUT2D eigenvalue weighted by Crippen LogP contribution is 2.30. The lowest BCUT2D eigenvalue weighted by atomic mass is 9.78. The van der Waals surface area contributed by atoms with Crippen LogP contribution < -0.4 is 5.73 Å². The maximum atomic E-state index is 6.22. The molecule has 1 fully saturated rings. The van der Waals surface area contributed by atoms with Gasteiger partial charge in [0, 0.05) is 19.3 Å². The molecular weight excluding hydrogens is 186 g/mol. The molecule has 0 spiro atoms. The molecule has 2 heteroatoms. The Hall–Kier alpha value is -0.0800. The molecule has 15 heavy (non-hydrogen) atoms. The highest BCUT2D eigenvalue weighted by molar-refractivity contribution is 4.78. The summed E-state index contributed by atoms with van der Waals surface area (Å²) in [6, 6.07) is 0.415. The van der Waals surface area contributed by atoms with Gasteiger partial charge in [0.25, 0.3) is 0 Å². The molecular formula is C13H27NO. The van der Waals surface area contributed by atoms with Crippen molar-refractivity contribution in [1.82, 2.24) is 0 Å². The van der Waals surface area contributed by atoms with Gasteiger partial charge in [0.1, 0.15) is 0 Å². The van der Waals surface area contributed by atoms with Gasteiger partial charge in [0.2, 0.25) is 0 Å². The molecule has 1 aliphatic rings. The van der Waals surface area contributed by atoms with Gasteiger partial charge in [0.15, 0.2) is 0 Å². The van der Waals surface area contributed by atoms with Crippen LogP contribution in [0.15, 0.2) is 0 Å². The summed E-state index contributed by atoms with van der Waals surface area (Å²) in [4.78, 5) is 0. The third-order valence-corrected chi connectivity index (χ3v) is 3.70. The van der Waals surface area contributed by atoms with Gasteiger partial charge in [-0.25, -0.2) is 0 Å². The minimum Gasteiger partial charge on any atom is -0.382 e. The van der Waals surface area contributed by atoms with Crippen LogP contribution in [0.3, 0.4) is 0 Å². The molecule has 0 bridgehead atoms. The minimum absolute atomic E-state index is 0.415. The summed E-state index contributed by atoms with van der Waals surface area (Å²) >= 11 is 0. The van der Waals surface area contributed by atoms with Gasteiger partial charge < -0.3 is 10.5 Å². The predicted octanol–water partition coefficient (Wildman–Crippen LogP) is 2.96. The Bertz CT molecular complexity index is 153. The Labute approximate surface area is 94.6 Å². The first-order chi connectivity index (χ1) is 7.24. The molecule has 1 atom stereocenters. The van der Waals surface area contributed by atoms with E-state index in [1.807, 2.05) is 6.92 Å². The fourth-order valence-corrected chi connectivity index (χ4v) is 2.52. The molecule has 1 saturated carbocycles. The Balaban J connectivity index is 2.08. The molecule has 0 heterocycles. The van der Waals surface area contributed by atoms with E-state index in [2.05, 4.69) is 6.92 Å². The van der Waals surface area contributed by atoms with E-state index in [4.69, 9.17) is 10.5 Å². The van der Waals surface area contributed by atoms with Gasteiger partial charge in [-0.15, -0.1) is 0 Å². The smallest absolute Gasteiger partial charge is 0.0466 e. The minimum atomic E-state index is 0.415. The van der Waals surface area contributed by atoms with E-state index in [-0.39, 0.29) is 0 Å². The fourth-order valence-electron chi connectivity index (χ4n) is 2.52. The van der Waals surface area contributed by atoms with Crippen LogP contribution in [0.2, 0.25) is 0 Å². The quantitative estimate of drug-likeness (QED) is 0.688. The van der Waals surface area contributed by atoms with E-state index in [9.17, 15) is 0 Å². The molecule has 1 rings (SSSR count). The Morgan fingerprint density at radius 2 is 1.93 bits per heavy atom.